The largest absolute Gasteiger partial charge is 0.379 e. The Bertz CT molecular complexity index is 713. The SMILES string of the molecule is O=c1[nH]ncc(NCc2cccc(CN3CCOCC3)c2)c1Cl. The molecule has 0 radical (unpaired) electrons. The predicted octanol–water partition coefficient (Wildman–Crippen LogP) is 1.87. The second-order valence-corrected chi connectivity index (χ2v) is 5.87. The van der Waals surface area contributed by atoms with E-state index in [0.717, 1.165) is 38.4 Å². The number of halogens is 1. The van der Waals surface area contributed by atoms with Gasteiger partial charge in [0.2, 0.25) is 0 Å². The molecule has 1 aliphatic rings. The molecule has 1 aliphatic heterocycles. The maximum atomic E-state index is 11.4. The summed E-state index contributed by atoms with van der Waals surface area (Å²) in [4.78, 5) is 13.8. The molecule has 2 aromatic rings. The fourth-order valence-electron chi connectivity index (χ4n) is 2.56. The fourth-order valence-corrected chi connectivity index (χ4v) is 2.72. The van der Waals surface area contributed by atoms with Crippen LogP contribution >= 0.6 is 11.6 Å². The highest BCUT2D eigenvalue weighted by atomic mass is 35.5. The molecule has 0 atom stereocenters. The molecule has 6 nitrogen and oxygen atoms in total. The van der Waals surface area contributed by atoms with Gasteiger partial charge < -0.3 is 10.1 Å². The van der Waals surface area contributed by atoms with E-state index in [2.05, 4.69) is 32.5 Å². The summed E-state index contributed by atoms with van der Waals surface area (Å²) in [5, 5.41) is 9.33. The van der Waals surface area contributed by atoms with Crippen LogP contribution in [0.1, 0.15) is 11.1 Å². The molecule has 1 fully saturated rings. The van der Waals surface area contributed by atoms with Gasteiger partial charge in [0.15, 0.2) is 0 Å². The Morgan fingerprint density at radius 3 is 2.91 bits per heavy atom. The molecule has 2 heterocycles. The van der Waals surface area contributed by atoms with Crippen molar-refractivity contribution < 1.29 is 4.74 Å². The van der Waals surface area contributed by atoms with E-state index in [0.29, 0.717) is 12.2 Å². The molecule has 1 aromatic heterocycles. The maximum absolute atomic E-state index is 11.4. The molecular formula is C16H19ClN4O2. The van der Waals surface area contributed by atoms with Crippen molar-refractivity contribution in [1.29, 1.82) is 0 Å². The first-order chi connectivity index (χ1) is 11.2. The summed E-state index contributed by atoms with van der Waals surface area (Å²) in [5.74, 6) is 0. The first-order valence-corrected chi connectivity index (χ1v) is 7.95. The van der Waals surface area contributed by atoms with Crippen LogP contribution in [0.5, 0.6) is 0 Å². The van der Waals surface area contributed by atoms with E-state index in [-0.39, 0.29) is 5.02 Å². The standard InChI is InChI=1S/C16H19ClN4O2/c17-15-14(10-19-20-16(15)22)18-9-12-2-1-3-13(8-12)11-21-4-6-23-7-5-21/h1-3,8,10H,4-7,9,11H2,(H2,18,20,22). The number of aromatic nitrogens is 2. The maximum Gasteiger partial charge on any atom is 0.285 e. The number of rotatable bonds is 5. The van der Waals surface area contributed by atoms with Crippen molar-refractivity contribution in [1.82, 2.24) is 15.1 Å². The Labute approximate surface area is 139 Å². The van der Waals surface area contributed by atoms with E-state index in [1.807, 2.05) is 12.1 Å². The molecule has 23 heavy (non-hydrogen) atoms. The lowest BCUT2D eigenvalue weighted by Crippen LogP contribution is -2.35. The van der Waals surface area contributed by atoms with Gasteiger partial charge in [-0.25, -0.2) is 5.10 Å². The Morgan fingerprint density at radius 1 is 1.30 bits per heavy atom. The van der Waals surface area contributed by atoms with Crippen LogP contribution in [0.3, 0.4) is 0 Å². The van der Waals surface area contributed by atoms with Crippen molar-refractivity contribution in [3.05, 3.63) is 57.0 Å². The third-order valence-electron chi connectivity index (χ3n) is 3.78. The second kappa shape index (κ2) is 7.59. The van der Waals surface area contributed by atoms with Gasteiger partial charge in [0, 0.05) is 26.2 Å². The van der Waals surface area contributed by atoms with Gasteiger partial charge in [0.25, 0.3) is 5.56 Å². The molecule has 0 amide bonds. The lowest BCUT2D eigenvalue weighted by atomic mass is 10.1. The van der Waals surface area contributed by atoms with Gasteiger partial charge in [-0.1, -0.05) is 35.9 Å². The van der Waals surface area contributed by atoms with Crippen molar-refractivity contribution in [2.24, 2.45) is 0 Å². The Hall–Kier alpha value is -1.89. The van der Waals surface area contributed by atoms with E-state index >= 15 is 0 Å². The van der Waals surface area contributed by atoms with Crippen molar-refractivity contribution in [2.75, 3.05) is 31.6 Å². The number of aromatic amines is 1. The van der Waals surface area contributed by atoms with Crippen LogP contribution in [0.15, 0.2) is 35.3 Å². The number of H-pyrrole nitrogens is 1. The summed E-state index contributed by atoms with van der Waals surface area (Å²) in [6, 6.07) is 8.38. The van der Waals surface area contributed by atoms with Gasteiger partial charge in [-0.05, 0) is 11.1 Å². The van der Waals surface area contributed by atoms with Crippen LogP contribution in [-0.2, 0) is 17.8 Å². The van der Waals surface area contributed by atoms with Crippen molar-refractivity contribution in [3.8, 4) is 0 Å². The Kier molecular flexibility index (Phi) is 5.27. The quantitative estimate of drug-likeness (QED) is 0.873. The van der Waals surface area contributed by atoms with E-state index in [1.165, 1.54) is 11.8 Å². The highest BCUT2D eigenvalue weighted by molar-refractivity contribution is 6.32. The molecule has 1 aromatic carbocycles. The van der Waals surface area contributed by atoms with Crippen LogP contribution in [0.2, 0.25) is 5.02 Å². The van der Waals surface area contributed by atoms with Gasteiger partial charge in [0.1, 0.15) is 5.02 Å². The molecule has 0 saturated carbocycles. The number of morpholine rings is 1. The first-order valence-electron chi connectivity index (χ1n) is 7.57. The monoisotopic (exact) mass is 334 g/mol. The van der Waals surface area contributed by atoms with E-state index in [1.54, 1.807) is 0 Å². The Morgan fingerprint density at radius 2 is 2.09 bits per heavy atom. The minimum atomic E-state index is -0.391. The lowest BCUT2D eigenvalue weighted by Gasteiger charge is -2.26. The smallest absolute Gasteiger partial charge is 0.285 e. The number of nitrogens with one attached hydrogen (secondary N) is 2. The topological polar surface area (TPSA) is 70.2 Å². The summed E-state index contributed by atoms with van der Waals surface area (Å²) in [5.41, 5.74) is 2.54. The predicted molar refractivity (Wildman–Crippen MR) is 89.7 cm³/mol. The molecule has 0 spiro atoms. The summed E-state index contributed by atoms with van der Waals surface area (Å²) in [7, 11) is 0. The number of anilines is 1. The van der Waals surface area contributed by atoms with Gasteiger partial charge in [0.05, 0.1) is 25.1 Å². The molecule has 7 heteroatoms. The van der Waals surface area contributed by atoms with Crippen LogP contribution in [0.4, 0.5) is 5.69 Å². The van der Waals surface area contributed by atoms with Crippen molar-refractivity contribution in [3.63, 3.8) is 0 Å². The summed E-state index contributed by atoms with van der Waals surface area (Å²) in [6.07, 6.45) is 1.52. The van der Waals surface area contributed by atoms with E-state index in [4.69, 9.17) is 16.3 Å². The second-order valence-electron chi connectivity index (χ2n) is 5.49. The van der Waals surface area contributed by atoms with Crippen LogP contribution in [0.25, 0.3) is 0 Å². The van der Waals surface area contributed by atoms with Gasteiger partial charge >= 0.3 is 0 Å². The number of benzene rings is 1. The van der Waals surface area contributed by atoms with Gasteiger partial charge in [-0.3, -0.25) is 9.69 Å². The molecule has 3 rings (SSSR count). The van der Waals surface area contributed by atoms with E-state index in [9.17, 15) is 4.79 Å². The summed E-state index contributed by atoms with van der Waals surface area (Å²) < 4.78 is 5.37. The number of nitrogens with zero attached hydrogens (tertiary/aromatic N) is 2. The average Bonchev–Trinajstić information content (AvgIpc) is 2.57. The minimum Gasteiger partial charge on any atom is -0.379 e. The molecule has 0 aliphatic carbocycles. The Balaban J connectivity index is 1.63. The molecule has 2 N–H and O–H groups in total. The highest BCUT2D eigenvalue weighted by Gasteiger charge is 2.11. The third kappa shape index (κ3) is 4.31. The first kappa shape index (κ1) is 16.0. The fraction of sp³-hybridized carbons (Fsp3) is 0.375. The molecule has 1 saturated heterocycles. The average molecular weight is 335 g/mol. The molecule has 0 bridgehead atoms. The van der Waals surface area contributed by atoms with Crippen LogP contribution in [0, 0.1) is 0 Å². The normalized spacial score (nSPS) is 15.5. The summed E-state index contributed by atoms with van der Waals surface area (Å²) >= 11 is 5.95. The number of hydrogen-bond donors (Lipinski definition) is 2. The minimum absolute atomic E-state index is 0.129. The van der Waals surface area contributed by atoms with Crippen molar-refractivity contribution in [2.45, 2.75) is 13.1 Å². The van der Waals surface area contributed by atoms with Gasteiger partial charge in [-0.15, -0.1) is 0 Å². The third-order valence-corrected chi connectivity index (χ3v) is 4.16. The molecular weight excluding hydrogens is 316 g/mol. The lowest BCUT2D eigenvalue weighted by molar-refractivity contribution is 0.0342. The zero-order chi connectivity index (χ0) is 16.1. The highest BCUT2D eigenvalue weighted by Crippen LogP contribution is 2.16. The molecule has 0 unspecified atom stereocenters. The van der Waals surface area contributed by atoms with Crippen molar-refractivity contribution >= 4 is 17.3 Å². The molecule has 122 valence electrons. The zero-order valence-corrected chi connectivity index (χ0v) is 13.5. The zero-order valence-electron chi connectivity index (χ0n) is 12.7. The van der Waals surface area contributed by atoms with Crippen LogP contribution < -0.4 is 10.9 Å². The van der Waals surface area contributed by atoms with E-state index < -0.39 is 5.56 Å². The number of hydrogen-bond acceptors (Lipinski definition) is 5. The van der Waals surface area contributed by atoms with Crippen LogP contribution in [-0.4, -0.2) is 41.4 Å². The number of ether oxygens (including phenoxy) is 1. The van der Waals surface area contributed by atoms with Gasteiger partial charge in [-0.2, -0.15) is 5.10 Å². The summed E-state index contributed by atoms with van der Waals surface area (Å²) in [6.45, 7) is 5.05.